The second kappa shape index (κ2) is 6.28. The van der Waals surface area contributed by atoms with Crippen LogP contribution in [0.5, 0.6) is 0 Å². The van der Waals surface area contributed by atoms with Crippen LogP contribution < -0.4 is 5.32 Å². The van der Waals surface area contributed by atoms with Crippen molar-refractivity contribution in [1.82, 2.24) is 15.5 Å². The molecule has 3 rings (SSSR count). The average Bonchev–Trinajstić information content (AvgIpc) is 2.97. The zero-order chi connectivity index (χ0) is 14.7. The van der Waals surface area contributed by atoms with E-state index in [0.717, 1.165) is 22.3 Å². The first-order chi connectivity index (χ1) is 10.2. The third-order valence-electron chi connectivity index (χ3n) is 4.40. The Bertz CT molecular complexity index is 588. The number of hydrogen-bond acceptors (Lipinski definition) is 4. The molecule has 1 heterocycles. The van der Waals surface area contributed by atoms with Gasteiger partial charge < -0.3 is 9.84 Å². The summed E-state index contributed by atoms with van der Waals surface area (Å²) in [5, 5.41) is 7.61. The Balaban J connectivity index is 1.76. The Labute approximate surface area is 133 Å². The smallest absolute Gasteiger partial charge is 0.228 e. The summed E-state index contributed by atoms with van der Waals surface area (Å²) >= 11 is 3.43. The minimum absolute atomic E-state index is 0.127. The molecule has 112 valence electrons. The molecular formula is C16H20BrN3O. The van der Waals surface area contributed by atoms with Crippen molar-refractivity contribution in [2.24, 2.45) is 0 Å². The van der Waals surface area contributed by atoms with Gasteiger partial charge in [-0.25, -0.2) is 0 Å². The second-order valence-corrected chi connectivity index (χ2v) is 6.70. The normalized spacial score (nSPS) is 17.8. The molecule has 1 aromatic heterocycles. The van der Waals surface area contributed by atoms with Gasteiger partial charge in [-0.05, 0) is 44.2 Å². The van der Waals surface area contributed by atoms with Gasteiger partial charge in [-0.3, -0.25) is 0 Å². The van der Waals surface area contributed by atoms with E-state index in [4.69, 9.17) is 4.52 Å². The number of aromatic nitrogens is 2. The van der Waals surface area contributed by atoms with E-state index >= 15 is 0 Å². The molecule has 1 aromatic carbocycles. The number of rotatable bonds is 4. The molecule has 4 nitrogen and oxygen atoms in total. The summed E-state index contributed by atoms with van der Waals surface area (Å²) in [5.41, 5.74) is 1.11. The topological polar surface area (TPSA) is 51.0 Å². The van der Waals surface area contributed by atoms with Crippen LogP contribution in [-0.2, 0) is 6.42 Å². The minimum atomic E-state index is 0.127. The van der Waals surface area contributed by atoms with Crippen LogP contribution in [0, 0.1) is 0 Å². The molecule has 0 unspecified atom stereocenters. The first-order valence-corrected chi connectivity index (χ1v) is 8.28. The number of nitrogens with one attached hydrogen (secondary N) is 1. The number of benzene rings is 1. The SMILES string of the molecule is CNC1(Cc2nc(-c3ccc(Br)cc3)no2)CCCCC1. The van der Waals surface area contributed by atoms with Crippen LogP contribution in [0.1, 0.15) is 38.0 Å². The number of halogens is 1. The third kappa shape index (κ3) is 3.35. The minimum Gasteiger partial charge on any atom is -0.339 e. The molecule has 21 heavy (non-hydrogen) atoms. The molecule has 1 aliphatic rings. The molecule has 0 amide bonds. The molecule has 0 bridgehead atoms. The monoisotopic (exact) mass is 349 g/mol. The predicted molar refractivity (Wildman–Crippen MR) is 86.0 cm³/mol. The van der Waals surface area contributed by atoms with Crippen LogP contribution in [0.2, 0.25) is 0 Å². The lowest BCUT2D eigenvalue weighted by molar-refractivity contribution is 0.221. The van der Waals surface area contributed by atoms with Crippen LogP contribution in [0.15, 0.2) is 33.3 Å². The van der Waals surface area contributed by atoms with Crippen LogP contribution in [0.3, 0.4) is 0 Å². The molecule has 0 saturated heterocycles. The van der Waals surface area contributed by atoms with E-state index in [2.05, 4.69) is 31.4 Å². The molecular weight excluding hydrogens is 330 g/mol. The van der Waals surface area contributed by atoms with Crippen molar-refractivity contribution in [3.8, 4) is 11.4 Å². The lowest BCUT2D eigenvalue weighted by Crippen LogP contribution is -2.46. The van der Waals surface area contributed by atoms with Gasteiger partial charge in [-0.2, -0.15) is 4.98 Å². The second-order valence-electron chi connectivity index (χ2n) is 5.79. The number of hydrogen-bond donors (Lipinski definition) is 1. The first-order valence-electron chi connectivity index (χ1n) is 7.48. The van der Waals surface area contributed by atoms with Gasteiger partial charge in [0.2, 0.25) is 11.7 Å². The Morgan fingerprint density at radius 2 is 1.90 bits per heavy atom. The van der Waals surface area contributed by atoms with Gasteiger partial charge in [0.05, 0.1) is 0 Å². The lowest BCUT2D eigenvalue weighted by atomic mass is 9.79. The van der Waals surface area contributed by atoms with Crippen molar-refractivity contribution in [1.29, 1.82) is 0 Å². The van der Waals surface area contributed by atoms with E-state index in [1.54, 1.807) is 0 Å². The Kier molecular flexibility index (Phi) is 4.40. The van der Waals surface area contributed by atoms with Crippen molar-refractivity contribution in [3.63, 3.8) is 0 Å². The zero-order valence-corrected chi connectivity index (χ0v) is 13.8. The molecule has 1 saturated carbocycles. The van der Waals surface area contributed by atoms with Crippen molar-refractivity contribution in [2.75, 3.05) is 7.05 Å². The molecule has 2 aromatic rings. The van der Waals surface area contributed by atoms with Crippen LogP contribution in [-0.4, -0.2) is 22.7 Å². The molecule has 1 fully saturated rings. The molecule has 1 N–H and O–H groups in total. The van der Waals surface area contributed by atoms with Crippen LogP contribution in [0.25, 0.3) is 11.4 Å². The Morgan fingerprint density at radius 3 is 2.57 bits per heavy atom. The largest absolute Gasteiger partial charge is 0.339 e. The van der Waals surface area contributed by atoms with Gasteiger partial charge in [0.25, 0.3) is 0 Å². The molecule has 5 heteroatoms. The van der Waals surface area contributed by atoms with Gasteiger partial charge in [0.1, 0.15) is 0 Å². The highest BCUT2D eigenvalue weighted by Gasteiger charge is 2.32. The van der Waals surface area contributed by atoms with Crippen molar-refractivity contribution in [3.05, 3.63) is 34.6 Å². The van der Waals surface area contributed by atoms with E-state index in [9.17, 15) is 0 Å². The fraction of sp³-hybridized carbons (Fsp3) is 0.500. The van der Waals surface area contributed by atoms with Gasteiger partial charge in [-0.15, -0.1) is 0 Å². The Hall–Kier alpha value is -1.20. The van der Waals surface area contributed by atoms with E-state index in [0.29, 0.717) is 5.82 Å². The summed E-state index contributed by atoms with van der Waals surface area (Å²) in [6.07, 6.45) is 7.05. The van der Waals surface area contributed by atoms with Crippen molar-refractivity contribution < 1.29 is 4.52 Å². The fourth-order valence-corrected chi connectivity index (χ4v) is 3.34. The van der Waals surface area contributed by atoms with E-state index in [-0.39, 0.29) is 5.54 Å². The summed E-state index contributed by atoms with van der Waals surface area (Å²) in [6, 6.07) is 7.96. The third-order valence-corrected chi connectivity index (χ3v) is 4.93. The maximum absolute atomic E-state index is 5.47. The number of nitrogens with zero attached hydrogens (tertiary/aromatic N) is 2. The summed E-state index contributed by atoms with van der Waals surface area (Å²) in [6.45, 7) is 0. The highest BCUT2D eigenvalue weighted by atomic mass is 79.9. The molecule has 1 aliphatic carbocycles. The van der Waals surface area contributed by atoms with Gasteiger partial charge in [-0.1, -0.05) is 40.3 Å². The molecule has 0 spiro atoms. The maximum atomic E-state index is 5.47. The standard InChI is InChI=1S/C16H20BrN3O/c1-18-16(9-3-2-4-10-16)11-14-19-15(20-21-14)12-5-7-13(17)8-6-12/h5-8,18H,2-4,9-11H2,1H3. The number of likely N-dealkylation sites (N-methyl/N-ethyl adjacent to an activating group) is 1. The van der Waals surface area contributed by atoms with E-state index < -0.39 is 0 Å². The van der Waals surface area contributed by atoms with E-state index in [1.165, 1.54) is 32.1 Å². The summed E-state index contributed by atoms with van der Waals surface area (Å²) in [4.78, 5) is 4.56. The summed E-state index contributed by atoms with van der Waals surface area (Å²) < 4.78 is 6.51. The van der Waals surface area contributed by atoms with E-state index in [1.807, 2.05) is 31.3 Å². The quantitative estimate of drug-likeness (QED) is 0.907. The molecule has 0 aliphatic heterocycles. The van der Waals surface area contributed by atoms with Gasteiger partial charge in [0.15, 0.2) is 0 Å². The highest BCUT2D eigenvalue weighted by Crippen LogP contribution is 2.31. The highest BCUT2D eigenvalue weighted by molar-refractivity contribution is 9.10. The lowest BCUT2D eigenvalue weighted by Gasteiger charge is -2.36. The fourth-order valence-electron chi connectivity index (χ4n) is 3.08. The first kappa shape index (κ1) is 14.7. The zero-order valence-electron chi connectivity index (χ0n) is 12.2. The van der Waals surface area contributed by atoms with Gasteiger partial charge in [0, 0.05) is 22.0 Å². The summed E-state index contributed by atoms with van der Waals surface area (Å²) in [7, 11) is 2.04. The van der Waals surface area contributed by atoms with Crippen molar-refractivity contribution in [2.45, 2.75) is 44.1 Å². The summed E-state index contributed by atoms with van der Waals surface area (Å²) in [5.74, 6) is 1.39. The molecule has 0 atom stereocenters. The average molecular weight is 350 g/mol. The maximum Gasteiger partial charge on any atom is 0.228 e. The van der Waals surface area contributed by atoms with Crippen molar-refractivity contribution >= 4 is 15.9 Å². The van der Waals surface area contributed by atoms with Crippen LogP contribution >= 0.6 is 15.9 Å². The van der Waals surface area contributed by atoms with Gasteiger partial charge >= 0.3 is 0 Å². The van der Waals surface area contributed by atoms with Crippen LogP contribution in [0.4, 0.5) is 0 Å². The Morgan fingerprint density at radius 1 is 1.19 bits per heavy atom. The molecule has 0 radical (unpaired) electrons. The predicted octanol–water partition coefficient (Wildman–Crippen LogP) is 3.96.